The van der Waals surface area contributed by atoms with Gasteiger partial charge < -0.3 is 5.32 Å². The molecule has 1 amide bonds. The first-order valence-corrected chi connectivity index (χ1v) is 7.96. The fourth-order valence-corrected chi connectivity index (χ4v) is 2.55. The summed E-state index contributed by atoms with van der Waals surface area (Å²) in [5, 5.41) is 10.8. The lowest BCUT2D eigenvalue weighted by Crippen LogP contribution is -2.27. The molecule has 128 valence electrons. The fourth-order valence-electron chi connectivity index (χ4n) is 2.33. The number of aromatic nitrogens is 4. The van der Waals surface area contributed by atoms with Gasteiger partial charge in [-0.25, -0.2) is 9.07 Å². The zero-order valence-electron chi connectivity index (χ0n) is 13.4. The molecule has 0 unspecified atom stereocenters. The van der Waals surface area contributed by atoms with Crippen molar-refractivity contribution in [2.45, 2.75) is 19.5 Å². The second kappa shape index (κ2) is 7.40. The molecule has 3 rings (SSSR count). The predicted octanol–water partition coefficient (Wildman–Crippen LogP) is 3.00. The number of benzene rings is 1. The molecule has 2 heterocycles. The van der Waals surface area contributed by atoms with Crippen molar-refractivity contribution < 1.29 is 9.18 Å². The van der Waals surface area contributed by atoms with Crippen LogP contribution in [-0.4, -0.2) is 25.9 Å². The molecule has 6 nitrogen and oxygen atoms in total. The first-order chi connectivity index (χ1) is 12.0. The van der Waals surface area contributed by atoms with Crippen LogP contribution in [0, 0.1) is 5.82 Å². The van der Waals surface area contributed by atoms with Crippen LogP contribution in [0.3, 0.4) is 0 Å². The van der Waals surface area contributed by atoms with Gasteiger partial charge in [-0.15, -0.1) is 5.10 Å². The molecule has 25 heavy (non-hydrogen) atoms. The second-order valence-corrected chi connectivity index (χ2v) is 5.88. The maximum absolute atomic E-state index is 13.8. The zero-order valence-corrected chi connectivity index (χ0v) is 14.1. The van der Waals surface area contributed by atoms with Crippen LogP contribution in [0.15, 0.2) is 48.9 Å². The smallest absolute Gasteiger partial charge is 0.273 e. The Morgan fingerprint density at radius 1 is 1.32 bits per heavy atom. The summed E-state index contributed by atoms with van der Waals surface area (Å²) in [5.74, 6) is -0.796. The molecule has 3 aromatic rings. The van der Waals surface area contributed by atoms with Crippen LogP contribution < -0.4 is 5.32 Å². The highest BCUT2D eigenvalue weighted by Gasteiger charge is 2.16. The van der Waals surface area contributed by atoms with E-state index >= 15 is 0 Å². The standard InChI is InChI=1S/C17H15ClFN5O/c1-11(12-5-7-20-8-6-12)21-17(25)16-10-24(23-22-16)9-13-14(18)3-2-4-15(13)19/h2-8,10-11H,9H2,1H3,(H,21,25)/t11-/m1/s1. The lowest BCUT2D eigenvalue weighted by molar-refractivity contribution is 0.0934. The van der Waals surface area contributed by atoms with Crippen molar-refractivity contribution in [2.75, 3.05) is 0 Å². The lowest BCUT2D eigenvalue weighted by atomic mass is 10.1. The maximum atomic E-state index is 13.8. The summed E-state index contributed by atoms with van der Waals surface area (Å²) in [6.45, 7) is 1.95. The number of halogens is 2. The molecule has 8 heteroatoms. The largest absolute Gasteiger partial charge is 0.344 e. The highest BCUT2D eigenvalue weighted by Crippen LogP contribution is 2.19. The second-order valence-electron chi connectivity index (χ2n) is 5.48. The molecule has 1 N–H and O–H groups in total. The Morgan fingerprint density at radius 2 is 2.08 bits per heavy atom. The van der Waals surface area contributed by atoms with Crippen LogP contribution in [0.2, 0.25) is 5.02 Å². The third kappa shape index (κ3) is 4.00. The molecule has 0 spiro atoms. The Labute approximate surface area is 148 Å². The van der Waals surface area contributed by atoms with Gasteiger partial charge in [-0.3, -0.25) is 9.78 Å². The first kappa shape index (κ1) is 17.0. The van der Waals surface area contributed by atoms with E-state index in [-0.39, 0.29) is 24.2 Å². The topological polar surface area (TPSA) is 72.7 Å². The van der Waals surface area contributed by atoms with E-state index < -0.39 is 5.82 Å². The third-order valence-corrected chi connectivity index (χ3v) is 4.06. The number of carbonyl (C=O) groups excluding carboxylic acids is 1. The molecule has 0 aliphatic rings. The summed E-state index contributed by atoms with van der Waals surface area (Å²) in [6.07, 6.45) is 4.77. The van der Waals surface area contributed by atoms with Crippen LogP contribution in [-0.2, 0) is 6.54 Å². The van der Waals surface area contributed by atoms with Gasteiger partial charge in [-0.05, 0) is 36.8 Å². The first-order valence-electron chi connectivity index (χ1n) is 7.58. The average molecular weight is 360 g/mol. The van der Waals surface area contributed by atoms with Crippen LogP contribution in [0.25, 0.3) is 0 Å². The van der Waals surface area contributed by atoms with Crippen molar-refractivity contribution in [1.29, 1.82) is 0 Å². The normalized spacial score (nSPS) is 12.0. The molecule has 0 bridgehead atoms. The molecule has 0 fully saturated rings. The number of carbonyl (C=O) groups is 1. The molecular formula is C17H15ClFN5O. The van der Waals surface area contributed by atoms with E-state index in [4.69, 9.17) is 11.6 Å². The van der Waals surface area contributed by atoms with E-state index in [2.05, 4.69) is 20.6 Å². The van der Waals surface area contributed by atoms with Gasteiger partial charge in [-0.1, -0.05) is 22.9 Å². The van der Waals surface area contributed by atoms with Gasteiger partial charge in [0.2, 0.25) is 0 Å². The molecule has 0 aliphatic heterocycles. The van der Waals surface area contributed by atoms with Gasteiger partial charge in [0.25, 0.3) is 5.91 Å². The molecule has 0 saturated heterocycles. The van der Waals surface area contributed by atoms with E-state index in [1.165, 1.54) is 23.0 Å². The van der Waals surface area contributed by atoms with Crippen molar-refractivity contribution in [3.63, 3.8) is 0 Å². The lowest BCUT2D eigenvalue weighted by Gasteiger charge is -2.12. The van der Waals surface area contributed by atoms with Crippen LogP contribution in [0.4, 0.5) is 4.39 Å². The summed E-state index contributed by atoms with van der Waals surface area (Å²) in [7, 11) is 0. The number of amides is 1. The van der Waals surface area contributed by atoms with Gasteiger partial charge in [0.1, 0.15) is 5.82 Å². The summed E-state index contributed by atoms with van der Waals surface area (Å²) < 4.78 is 15.2. The molecule has 0 saturated carbocycles. The van der Waals surface area contributed by atoms with Crippen molar-refractivity contribution in [1.82, 2.24) is 25.3 Å². The van der Waals surface area contributed by atoms with Gasteiger partial charge in [0, 0.05) is 23.0 Å². The Bertz CT molecular complexity index is 864. The van der Waals surface area contributed by atoms with Crippen molar-refractivity contribution in [3.05, 3.63) is 76.6 Å². The quantitative estimate of drug-likeness (QED) is 0.760. The number of hydrogen-bond donors (Lipinski definition) is 1. The molecule has 1 aromatic carbocycles. The van der Waals surface area contributed by atoms with E-state index in [1.807, 2.05) is 19.1 Å². The predicted molar refractivity (Wildman–Crippen MR) is 90.7 cm³/mol. The van der Waals surface area contributed by atoms with E-state index in [0.29, 0.717) is 10.6 Å². The number of pyridine rings is 1. The third-order valence-electron chi connectivity index (χ3n) is 3.71. The van der Waals surface area contributed by atoms with Gasteiger partial charge >= 0.3 is 0 Å². The monoisotopic (exact) mass is 359 g/mol. The Kier molecular flexibility index (Phi) is 5.04. The van der Waals surface area contributed by atoms with E-state index in [0.717, 1.165) is 5.56 Å². The Hall–Kier alpha value is -2.80. The number of rotatable bonds is 5. The molecule has 0 aliphatic carbocycles. The SMILES string of the molecule is C[C@@H](NC(=O)c1cn(Cc2c(F)cccc2Cl)nn1)c1ccncc1. The Balaban J connectivity index is 1.70. The molecular weight excluding hydrogens is 345 g/mol. The maximum Gasteiger partial charge on any atom is 0.273 e. The van der Waals surface area contributed by atoms with E-state index in [1.54, 1.807) is 18.5 Å². The van der Waals surface area contributed by atoms with E-state index in [9.17, 15) is 9.18 Å². The minimum Gasteiger partial charge on any atom is -0.344 e. The zero-order chi connectivity index (χ0) is 17.8. The average Bonchev–Trinajstić information content (AvgIpc) is 3.08. The minimum atomic E-state index is -0.430. The number of nitrogens with one attached hydrogen (secondary N) is 1. The van der Waals surface area contributed by atoms with Gasteiger partial charge in [0.05, 0.1) is 18.8 Å². The van der Waals surface area contributed by atoms with Crippen LogP contribution in [0.5, 0.6) is 0 Å². The summed E-state index contributed by atoms with van der Waals surface area (Å²) >= 11 is 6.00. The fraction of sp³-hybridized carbons (Fsp3) is 0.176. The Morgan fingerprint density at radius 3 is 2.80 bits per heavy atom. The summed E-state index contributed by atoms with van der Waals surface area (Å²) in [5.41, 5.74) is 1.37. The van der Waals surface area contributed by atoms with Crippen LogP contribution >= 0.6 is 11.6 Å². The van der Waals surface area contributed by atoms with Gasteiger partial charge in [-0.2, -0.15) is 0 Å². The number of hydrogen-bond acceptors (Lipinski definition) is 4. The van der Waals surface area contributed by atoms with Crippen molar-refractivity contribution >= 4 is 17.5 Å². The van der Waals surface area contributed by atoms with Crippen molar-refractivity contribution in [2.24, 2.45) is 0 Å². The molecule has 2 aromatic heterocycles. The van der Waals surface area contributed by atoms with Crippen molar-refractivity contribution in [3.8, 4) is 0 Å². The number of nitrogens with zero attached hydrogens (tertiary/aromatic N) is 4. The molecule has 0 radical (unpaired) electrons. The summed E-state index contributed by atoms with van der Waals surface area (Å²) in [6, 6.07) is 7.89. The molecule has 1 atom stereocenters. The summed E-state index contributed by atoms with van der Waals surface area (Å²) in [4.78, 5) is 16.2. The highest BCUT2D eigenvalue weighted by molar-refractivity contribution is 6.31. The highest BCUT2D eigenvalue weighted by atomic mass is 35.5. The van der Waals surface area contributed by atoms with Gasteiger partial charge in [0.15, 0.2) is 5.69 Å². The minimum absolute atomic E-state index is 0.0890. The van der Waals surface area contributed by atoms with Crippen LogP contribution in [0.1, 0.15) is 34.6 Å².